The number of nitrogens with zero attached hydrogens (tertiary/aromatic N) is 3. The Balaban J connectivity index is 2.01. The molecule has 0 unspecified atom stereocenters. The minimum Gasteiger partial charge on any atom is -0.367 e. The lowest BCUT2D eigenvalue weighted by molar-refractivity contribution is 0.602. The number of aryl methyl sites for hydroxylation is 2. The van der Waals surface area contributed by atoms with Gasteiger partial charge in [0, 0.05) is 13.0 Å². The molecule has 0 aromatic carbocycles. The Bertz CT molecular complexity index is 554. The van der Waals surface area contributed by atoms with Gasteiger partial charge in [-0.25, -0.2) is 19.3 Å². The van der Waals surface area contributed by atoms with E-state index in [1.54, 1.807) is 20.2 Å². The first-order chi connectivity index (χ1) is 8.58. The van der Waals surface area contributed by atoms with E-state index in [0.717, 1.165) is 10.3 Å². The second-order valence-electron chi connectivity index (χ2n) is 3.87. The molecule has 0 saturated carbocycles. The van der Waals surface area contributed by atoms with Crippen LogP contribution in [-0.4, -0.2) is 26.5 Å². The van der Waals surface area contributed by atoms with Crippen molar-refractivity contribution in [1.82, 2.24) is 19.9 Å². The maximum Gasteiger partial charge on any atom is 0.186 e. The first-order valence-electron chi connectivity index (χ1n) is 5.50. The van der Waals surface area contributed by atoms with Gasteiger partial charge in [-0.05, 0) is 29.8 Å². The lowest BCUT2D eigenvalue weighted by Crippen LogP contribution is -2.11. The maximum atomic E-state index is 13.7. The van der Waals surface area contributed by atoms with Gasteiger partial charge in [0.2, 0.25) is 0 Å². The zero-order valence-corrected chi connectivity index (χ0v) is 11.7. The van der Waals surface area contributed by atoms with Gasteiger partial charge in [0.1, 0.15) is 10.4 Å². The molecule has 0 aliphatic rings. The topological polar surface area (TPSA) is 66.5 Å². The van der Waals surface area contributed by atoms with Crippen molar-refractivity contribution in [3.63, 3.8) is 0 Å². The molecule has 0 bridgehead atoms. The van der Waals surface area contributed by atoms with Crippen LogP contribution in [0.2, 0.25) is 0 Å². The van der Waals surface area contributed by atoms with E-state index in [9.17, 15) is 4.39 Å². The summed E-state index contributed by atoms with van der Waals surface area (Å²) in [5, 5.41) is 2.97. The number of halogens is 2. The van der Waals surface area contributed by atoms with Gasteiger partial charge in [-0.1, -0.05) is 0 Å². The zero-order chi connectivity index (χ0) is 13.1. The highest BCUT2D eigenvalue weighted by atomic mass is 79.9. The van der Waals surface area contributed by atoms with Crippen LogP contribution in [0.1, 0.15) is 17.2 Å². The number of rotatable bonds is 4. The maximum absolute atomic E-state index is 13.7. The molecule has 0 aliphatic heterocycles. The Labute approximate surface area is 112 Å². The van der Waals surface area contributed by atoms with E-state index in [1.807, 2.05) is 0 Å². The summed E-state index contributed by atoms with van der Waals surface area (Å²) in [5.74, 6) is 0.402. The largest absolute Gasteiger partial charge is 0.367 e. The minimum atomic E-state index is -0.399. The summed E-state index contributed by atoms with van der Waals surface area (Å²) in [4.78, 5) is 15.0. The number of imidazole rings is 1. The lowest BCUT2D eigenvalue weighted by atomic mass is 10.3. The van der Waals surface area contributed by atoms with Gasteiger partial charge in [0.05, 0.1) is 17.7 Å². The number of aromatic nitrogens is 4. The normalized spacial score (nSPS) is 10.7. The Morgan fingerprint density at radius 2 is 2.17 bits per heavy atom. The quantitative estimate of drug-likeness (QED) is 0.909. The van der Waals surface area contributed by atoms with Crippen molar-refractivity contribution in [3.05, 3.63) is 34.0 Å². The molecule has 2 N–H and O–H groups in total. The third kappa shape index (κ3) is 2.84. The molecule has 0 radical (unpaired) electrons. The predicted molar refractivity (Wildman–Crippen MR) is 69.9 cm³/mol. The average molecular weight is 314 g/mol. The highest BCUT2D eigenvalue weighted by molar-refractivity contribution is 9.10. The highest BCUT2D eigenvalue weighted by Gasteiger charge is 2.09. The van der Waals surface area contributed by atoms with Gasteiger partial charge < -0.3 is 10.3 Å². The molecule has 0 atom stereocenters. The van der Waals surface area contributed by atoms with Crippen molar-refractivity contribution in [2.75, 3.05) is 11.9 Å². The van der Waals surface area contributed by atoms with Crippen molar-refractivity contribution in [3.8, 4) is 0 Å². The molecule has 2 rings (SSSR count). The summed E-state index contributed by atoms with van der Waals surface area (Å²) in [5.41, 5.74) is 1.32. The molecule has 18 heavy (non-hydrogen) atoms. The van der Waals surface area contributed by atoms with Crippen LogP contribution in [0.3, 0.4) is 0 Å². The van der Waals surface area contributed by atoms with Crippen molar-refractivity contribution in [2.45, 2.75) is 20.3 Å². The fraction of sp³-hybridized carbons (Fsp3) is 0.364. The molecule has 96 valence electrons. The van der Waals surface area contributed by atoms with Gasteiger partial charge >= 0.3 is 0 Å². The summed E-state index contributed by atoms with van der Waals surface area (Å²) >= 11 is 3.32. The molecule has 5 nitrogen and oxygen atoms in total. The minimum absolute atomic E-state index is 0.246. The van der Waals surface area contributed by atoms with Crippen molar-refractivity contribution >= 4 is 21.7 Å². The van der Waals surface area contributed by atoms with Crippen molar-refractivity contribution in [2.24, 2.45) is 0 Å². The van der Waals surface area contributed by atoms with Crippen LogP contribution in [0.25, 0.3) is 0 Å². The molecule has 0 saturated heterocycles. The van der Waals surface area contributed by atoms with E-state index in [0.29, 0.717) is 24.5 Å². The Morgan fingerprint density at radius 1 is 1.39 bits per heavy atom. The summed E-state index contributed by atoms with van der Waals surface area (Å²) in [6.07, 6.45) is 2.31. The van der Waals surface area contributed by atoms with Gasteiger partial charge in [0.25, 0.3) is 0 Å². The predicted octanol–water partition coefficient (Wildman–Crippen LogP) is 2.37. The van der Waals surface area contributed by atoms with E-state index in [1.165, 1.54) is 0 Å². The lowest BCUT2D eigenvalue weighted by Gasteiger charge is -2.08. The molecule has 0 fully saturated rings. The van der Waals surface area contributed by atoms with Gasteiger partial charge in [-0.2, -0.15) is 0 Å². The Morgan fingerprint density at radius 3 is 2.83 bits per heavy atom. The fourth-order valence-electron chi connectivity index (χ4n) is 1.60. The standard InChI is InChI=1S/C11H13BrFN5/c1-6-9(13)11(18-7(2)17-6)14-4-3-8-10(12)16-5-15-8/h5H,3-4H2,1-2H3,(H,15,16)(H,14,17,18). The number of hydrogen-bond acceptors (Lipinski definition) is 4. The first kappa shape index (κ1) is 12.9. The van der Waals surface area contributed by atoms with Crippen LogP contribution in [0.15, 0.2) is 10.9 Å². The molecule has 0 spiro atoms. The van der Waals surface area contributed by atoms with Crippen LogP contribution >= 0.6 is 15.9 Å². The number of nitrogens with one attached hydrogen (secondary N) is 2. The van der Waals surface area contributed by atoms with Gasteiger partial charge in [-0.15, -0.1) is 0 Å². The molecule has 7 heteroatoms. The molecule has 0 amide bonds. The number of H-pyrrole nitrogens is 1. The number of hydrogen-bond donors (Lipinski definition) is 2. The third-order valence-electron chi connectivity index (χ3n) is 2.46. The Hall–Kier alpha value is -1.50. The number of anilines is 1. The second-order valence-corrected chi connectivity index (χ2v) is 4.62. The van der Waals surface area contributed by atoms with E-state index in [2.05, 4.69) is 41.2 Å². The van der Waals surface area contributed by atoms with E-state index < -0.39 is 5.82 Å². The summed E-state index contributed by atoms with van der Waals surface area (Å²) in [6, 6.07) is 0. The monoisotopic (exact) mass is 313 g/mol. The van der Waals surface area contributed by atoms with Crippen LogP contribution < -0.4 is 5.32 Å². The second kappa shape index (κ2) is 5.43. The SMILES string of the molecule is Cc1nc(C)c(F)c(NCCc2[nH]cnc2Br)n1. The van der Waals surface area contributed by atoms with Crippen LogP contribution in [0.5, 0.6) is 0 Å². The summed E-state index contributed by atoms with van der Waals surface area (Å²) in [6.45, 7) is 3.93. The number of aromatic amines is 1. The van der Waals surface area contributed by atoms with Crippen LogP contribution in [0.4, 0.5) is 10.2 Å². The van der Waals surface area contributed by atoms with E-state index in [4.69, 9.17) is 0 Å². The first-order valence-corrected chi connectivity index (χ1v) is 6.29. The van der Waals surface area contributed by atoms with Crippen molar-refractivity contribution in [1.29, 1.82) is 0 Å². The van der Waals surface area contributed by atoms with Gasteiger partial charge in [-0.3, -0.25) is 0 Å². The third-order valence-corrected chi connectivity index (χ3v) is 3.15. The summed E-state index contributed by atoms with van der Waals surface area (Å²) in [7, 11) is 0. The smallest absolute Gasteiger partial charge is 0.186 e. The zero-order valence-electron chi connectivity index (χ0n) is 10.1. The molecule has 2 aromatic rings. The fourth-order valence-corrected chi connectivity index (χ4v) is 2.02. The van der Waals surface area contributed by atoms with Crippen LogP contribution in [0, 0.1) is 19.7 Å². The molecular formula is C11H13BrFN5. The molecule has 0 aliphatic carbocycles. The van der Waals surface area contributed by atoms with Crippen molar-refractivity contribution < 1.29 is 4.39 Å². The van der Waals surface area contributed by atoms with E-state index >= 15 is 0 Å². The average Bonchev–Trinajstić information content (AvgIpc) is 2.71. The highest BCUT2D eigenvalue weighted by Crippen LogP contribution is 2.15. The molecule has 2 aromatic heterocycles. The van der Waals surface area contributed by atoms with E-state index in [-0.39, 0.29) is 5.82 Å². The summed E-state index contributed by atoms with van der Waals surface area (Å²) < 4.78 is 14.5. The molecule has 2 heterocycles. The van der Waals surface area contributed by atoms with Gasteiger partial charge in [0.15, 0.2) is 11.6 Å². The van der Waals surface area contributed by atoms with Crippen LogP contribution in [-0.2, 0) is 6.42 Å². The molecular weight excluding hydrogens is 301 g/mol. The Kier molecular flexibility index (Phi) is 3.90.